The van der Waals surface area contributed by atoms with E-state index in [4.69, 9.17) is 32.7 Å². The summed E-state index contributed by atoms with van der Waals surface area (Å²) in [4.78, 5) is 15.9. The van der Waals surface area contributed by atoms with Crippen molar-refractivity contribution in [3.8, 4) is 22.6 Å². The van der Waals surface area contributed by atoms with Crippen LogP contribution in [-0.4, -0.2) is 56.4 Å². The Morgan fingerprint density at radius 3 is 2.46 bits per heavy atom. The van der Waals surface area contributed by atoms with Gasteiger partial charge in [-0.15, -0.1) is 0 Å². The molecule has 1 amide bonds. The number of piperazine rings is 1. The number of nitrogens with zero attached hydrogens (tertiary/aromatic N) is 2. The van der Waals surface area contributed by atoms with Crippen molar-refractivity contribution in [2.75, 3.05) is 20.8 Å². The highest BCUT2D eigenvalue weighted by Gasteiger charge is 2.55. The van der Waals surface area contributed by atoms with E-state index in [1.54, 1.807) is 56.7 Å². The summed E-state index contributed by atoms with van der Waals surface area (Å²) < 4.78 is 41.4. The molecule has 3 heterocycles. The highest BCUT2D eigenvalue weighted by Crippen LogP contribution is 2.49. The molecule has 3 aliphatic rings. The van der Waals surface area contributed by atoms with Gasteiger partial charge in [-0.1, -0.05) is 41.4 Å². The fourth-order valence-corrected chi connectivity index (χ4v) is 8.55. The van der Waals surface area contributed by atoms with E-state index < -0.39 is 28.1 Å². The van der Waals surface area contributed by atoms with E-state index >= 15 is 0 Å². The number of carbonyl (C=O) groups excluding carboxylic acids is 1. The number of hydrogen-bond donors (Lipinski definition) is 0. The summed E-state index contributed by atoms with van der Waals surface area (Å²) in [5.41, 5.74) is 3.33. The summed E-state index contributed by atoms with van der Waals surface area (Å²) in [6.45, 7) is 0.528. The van der Waals surface area contributed by atoms with Gasteiger partial charge in [0.15, 0.2) is 0 Å². The zero-order valence-electron chi connectivity index (χ0n) is 21.6. The molecular formula is C29H28Cl2N2O5S. The van der Waals surface area contributed by atoms with E-state index in [9.17, 15) is 13.2 Å². The molecule has 3 aromatic rings. The first-order chi connectivity index (χ1) is 18.7. The number of hydrogen-bond acceptors (Lipinski definition) is 5. The summed E-state index contributed by atoms with van der Waals surface area (Å²) in [5, 5.41) is 0.814. The molecule has 6 rings (SSSR count). The molecule has 204 valence electrons. The van der Waals surface area contributed by atoms with E-state index in [2.05, 4.69) is 0 Å². The summed E-state index contributed by atoms with van der Waals surface area (Å²) in [5.74, 6) is 1.13. The molecule has 3 atom stereocenters. The topological polar surface area (TPSA) is 76.2 Å². The van der Waals surface area contributed by atoms with Crippen LogP contribution in [0.3, 0.4) is 0 Å². The molecule has 3 aromatic carbocycles. The molecular weight excluding hydrogens is 559 g/mol. The molecule has 39 heavy (non-hydrogen) atoms. The highest BCUT2D eigenvalue weighted by molar-refractivity contribution is 7.89. The van der Waals surface area contributed by atoms with Gasteiger partial charge in [0.05, 0.1) is 41.2 Å². The summed E-state index contributed by atoms with van der Waals surface area (Å²) in [7, 11) is -0.835. The normalized spacial score (nSPS) is 22.7. The quantitative estimate of drug-likeness (QED) is 0.381. The van der Waals surface area contributed by atoms with Crippen LogP contribution in [0.2, 0.25) is 10.0 Å². The Morgan fingerprint density at radius 1 is 0.923 bits per heavy atom. The third-order valence-corrected chi connectivity index (χ3v) is 10.8. The fraction of sp³-hybridized carbons (Fsp3) is 0.345. The zero-order valence-corrected chi connectivity index (χ0v) is 23.9. The lowest BCUT2D eigenvalue weighted by Crippen LogP contribution is -2.67. The van der Waals surface area contributed by atoms with Crippen molar-refractivity contribution in [3.05, 3.63) is 75.8 Å². The molecule has 0 aliphatic carbocycles. The van der Waals surface area contributed by atoms with E-state index in [1.807, 2.05) is 17.0 Å². The maximum Gasteiger partial charge on any atom is 0.244 e. The number of methoxy groups -OCH3 is 2. The molecule has 0 aromatic heterocycles. The minimum absolute atomic E-state index is 0.141. The van der Waals surface area contributed by atoms with Gasteiger partial charge in [0.2, 0.25) is 15.9 Å². The minimum Gasteiger partial charge on any atom is -0.497 e. The van der Waals surface area contributed by atoms with Crippen molar-refractivity contribution < 1.29 is 22.7 Å². The van der Waals surface area contributed by atoms with Crippen molar-refractivity contribution >= 4 is 39.1 Å². The van der Waals surface area contributed by atoms with Crippen LogP contribution in [-0.2, 0) is 21.2 Å². The number of amides is 1. The third kappa shape index (κ3) is 4.29. The van der Waals surface area contributed by atoms with Crippen LogP contribution >= 0.6 is 23.2 Å². The number of piperidine rings is 1. The average Bonchev–Trinajstić information content (AvgIpc) is 2.96. The Labute approximate surface area is 238 Å². The van der Waals surface area contributed by atoms with Gasteiger partial charge >= 0.3 is 0 Å². The lowest BCUT2D eigenvalue weighted by atomic mass is 9.79. The Hall–Kier alpha value is -2.78. The first-order valence-corrected chi connectivity index (χ1v) is 15.1. The van der Waals surface area contributed by atoms with Crippen LogP contribution in [0.4, 0.5) is 0 Å². The zero-order chi connectivity index (χ0) is 27.5. The van der Waals surface area contributed by atoms with Crippen LogP contribution in [0.5, 0.6) is 11.5 Å². The van der Waals surface area contributed by atoms with Crippen LogP contribution < -0.4 is 9.47 Å². The van der Waals surface area contributed by atoms with Gasteiger partial charge < -0.3 is 14.4 Å². The van der Waals surface area contributed by atoms with Crippen LogP contribution in [0.1, 0.15) is 36.4 Å². The second kappa shape index (κ2) is 10.0. The Bertz CT molecular complexity index is 1560. The molecule has 2 fully saturated rings. The first-order valence-electron chi connectivity index (χ1n) is 12.9. The average molecular weight is 588 g/mol. The van der Waals surface area contributed by atoms with Gasteiger partial charge in [-0.2, -0.15) is 4.31 Å². The summed E-state index contributed by atoms with van der Waals surface area (Å²) in [6.07, 6.45) is 2.57. The Kier molecular flexibility index (Phi) is 6.78. The lowest BCUT2D eigenvalue weighted by Gasteiger charge is -2.54. The number of sulfonamides is 1. The van der Waals surface area contributed by atoms with Gasteiger partial charge in [0, 0.05) is 18.2 Å². The Balaban J connectivity index is 1.45. The minimum atomic E-state index is -4.03. The molecule has 2 saturated heterocycles. The maximum absolute atomic E-state index is 14.3. The van der Waals surface area contributed by atoms with Gasteiger partial charge in [0.1, 0.15) is 17.5 Å². The van der Waals surface area contributed by atoms with Gasteiger partial charge in [0.25, 0.3) is 0 Å². The largest absolute Gasteiger partial charge is 0.497 e. The van der Waals surface area contributed by atoms with Crippen LogP contribution in [0, 0.1) is 0 Å². The van der Waals surface area contributed by atoms with Crippen molar-refractivity contribution in [1.82, 2.24) is 9.21 Å². The summed E-state index contributed by atoms with van der Waals surface area (Å²) in [6, 6.07) is 14.2. The highest BCUT2D eigenvalue weighted by atomic mass is 35.5. The summed E-state index contributed by atoms with van der Waals surface area (Å²) >= 11 is 12.3. The monoisotopic (exact) mass is 586 g/mol. The molecule has 0 saturated carbocycles. The van der Waals surface area contributed by atoms with E-state index in [-0.39, 0.29) is 10.8 Å². The van der Waals surface area contributed by atoms with Crippen molar-refractivity contribution in [3.63, 3.8) is 0 Å². The van der Waals surface area contributed by atoms with Crippen molar-refractivity contribution in [2.45, 2.75) is 48.7 Å². The van der Waals surface area contributed by atoms with Crippen LogP contribution in [0.25, 0.3) is 11.1 Å². The number of halogens is 2. The standard InChI is InChI=1S/C29H28Cl2N2O5S/c1-37-20-13-19-11-12-32-28(27(19)26(16-20)38-2)24-7-4-8-25(29(32)34)33(24)39(35,36)21-6-3-5-17(14-21)18-9-10-22(30)23(31)15-18/h3,5-6,9-10,13-16,24-25,28H,4,7-8,11-12H2,1-2H3. The number of rotatable bonds is 5. The van der Waals surface area contributed by atoms with Crippen LogP contribution in [0.15, 0.2) is 59.5 Å². The second-order valence-corrected chi connectivity index (χ2v) is 12.8. The number of ether oxygens (including phenoxy) is 2. The predicted molar refractivity (Wildman–Crippen MR) is 150 cm³/mol. The fourth-order valence-electron chi connectivity index (χ4n) is 6.37. The Morgan fingerprint density at radius 2 is 1.72 bits per heavy atom. The molecule has 10 heteroatoms. The molecule has 2 bridgehead atoms. The van der Waals surface area contributed by atoms with Gasteiger partial charge in [-0.3, -0.25) is 4.79 Å². The smallest absolute Gasteiger partial charge is 0.244 e. The van der Waals surface area contributed by atoms with E-state index in [0.29, 0.717) is 52.9 Å². The van der Waals surface area contributed by atoms with Crippen molar-refractivity contribution in [1.29, 1.82) is 0 Å². The molecule has 7 nitrogen and oxygen atoms in total. The van der Waals surface area contributed by atoms with E-state index in [1.165, 1.54) is 4.31 Å². The number of carbonyl (C=O) groups is 1. The molecule has 3 aliphatic heterocycles. The molecule has 3 unspecified atom stereocenters. The maximum atomic E-state index is 14.3. The third-order valence-electron chi connectivity index (χ3n) is 8.12. The predicted octanol–water partition coefficient (Wildman–Crippen LogP) is 5.73. The lowest BCUT2D eigenvalue weighted by molar-refractivity contribution is -0.150. The SMILES string of the molecule is COc1cc2c(c(OC)c1)C1C3CCCC(C(=O)N1CC2)N3S(=O)(=O)c1cccc(-c2ccc(Cl)c(Cl)c2)c1. The van der Waals surface area contributed by atoms with Gasteiger partial charge in [-0.05, 0) is 72.7 Å². The number of fused-ring (bicyclic) bond motifs is 6. The number of benzene rings is 3. The second-order valence-electron chi connectivity index (χ2n) is 10.1. The van der Waals surface area contributed by atoms with Crippen molar-refractivity contribution in [2.24, 2.45) is 0 Å². The molecule has 0 radical (unpaired) electrons. The molecule has 0 N–H and O–H groups in total. The first kappa shape index (κ1) is 26.4. The molecule has 0 spiro atoms. The van der Waals surface area contributed by atoms with Gasteiger partial charge in [-0.25, -0.2) is 8.42 Å². The van der Waals surface area contributed by atoms with E-state index in [0.717, 1.165) is 23.1 Å².